The van der Waals surface area contributed by atoms with E-state index in [1.165, 1.54) is 0 Å². The van der Waals surface area contributed by atoms with Crippen molar-refractivity contribution in [1.29, 1.82) is 0 Å². The quantitative estimate of drug-likeness (QED) is 0.892. The number of benzene rings is 1. The molecule has 0 aromatic heterocycles. The highest BCUT2D eigenvalue weighted by molar-refractivity contribution is 5.92. The summed E-state index contributed by atoms with van der Waals surface area (Å²) in [4.78, 5) is 13.8. The molecule has 0 aliphatic carbocycles. The van der Waals surface area contributed by atoms with Crippen LogP contribution in [0.25, 0.3) is 0 Å². The van der Waals surface area contributed by atoms with Crippen molar-refractivity contribution in [2.45, 2.75) is 6.42 Å². The largest absolute Gasteiger partial charge is 0.322 e. The van der Waals surface area contributed by atoms with E-state index in [9.17, 15) is 13.6 Å². The first kappa shape index (κ1) is 16.8. The first-order valence-corrected chi connectivity index (χ1v) is 6.33. The second kappa shape index (κ2) is 8.14. The number of rotatable bonds is 3. The second-order valence-corrected chi connectivity index (χ2v) is 4.55. The molecule has 1 heterocycles. The Kier molecular flexibility index (Phi) is 6.84. The maximum absolute atomic E-state index is 13.4. The highest BCUT2D eigenvalue weighted by Crippen LogP contribution is 2.15. The van der Waals surface area contributed by atoms with Gasteiger partial charge in [0.15, 0.2) is 0 Å². The van der Waals surface area contributed by atoms with Crippen LogP contribution in [0, 0.1) is 11.6 Å². The molecule has 1 saturated heterocycles. The minimum Gasteiger partial charge on any atom is -0.322 e. The minimum atomic E-state index is -0.632. The van der Waals surface area contributed by atoms with Crippen LogP contribution in [-0.2, 0) is 4.79 Å². The van der Waals surface area contributed by atoms with Crippen LogP contribution in [0.15, 0.2) is 18.2 Å². The van der Waals surface area contributed by atoms with Crippen molar-refractivity contribution in [3.05, 3.63) is 29.8 Å². The molecule has 2 N–H and O–H groups in total. The average molecular weight is 306 g/mol. The predicted molar refractivity (Wildman–Crippen MR) is 76.2 cm³/mol. The number of carbonyl (C=O) groups is 1. The van der Waals surface area contributed by atoms with Crippen molar-refractivity contribution < 1.29 is 13.6 Å². The van der Waals surface area contributed by atoms with Gasteiger partial charge in [-0.2, -0.15) is 0 Å². The molecular formula is C13H18ClF2N3O. The maximum Gasteiger partial charge on any atom is 0.238 e. The van der Waals surface area contributed by atoms with E-state index in [1.54, 1.807) is 0 Å². The van der Waals surface area contributed by atoms with E-state index in [0.29, 0.717) is 0 Å². The van der Waals surface area contributed by atoms with Crippen LogP contribution in [0.4, 0.5) is 14.5 Å². The summed E-state index contributed by atoms with van der Waals surface area (Å²) in [6.07, 6.45) is 0.974. The molecule has 0 radical (unpaired) electrons. The van der Waals surface area contributed by atoms with E-state index >= 15 is 0 Å². The Hall–Kier alpha value is -1.24. The van der Waals surface area contributed by atoms with Crippen LogP contribution >= 0.6 is 12.4 Å². The van der Waals surface area contributed by atoms with Crippen molar-refractivity contribution in [2.75, 3.05) is 38.0 Å². The minimum absolute atomic E-state index is 0. The Morgan fingerprint density at radius 3 is 2.90 bits per heavy atom. The number of hydrogen-bond donors (Lipinski definition) is 2. The summed E-state index contributed by atoms with van der Waals surface area (Å²) in [5.74, 6) is -1.53. The van der Waals surface area contributed by atoms with Gasteiger partial charge in [0, 0.05) is 19.2 Å². The number of hydrogen-bond acceptors (Lipinski definition) is 3. The number of halogens is 3. The number of nitrogens with one attached hydrogen (secondary N) is 2. The summed E-state index contributed by atoms with van der Waals surface area (Å²) in [7, 11) is 0. The van der Waals surface area contributed by atoms with E-state index < -0.39 is 11.6 Å². The summed E-state index contributed by atoms with van der Waals surface area (Å²) < 4.78 is 26.3. The van der Waals surface area contributed by atoms with Gasteiger partial charge < -0.3 is 10.6 Å². The smallest absolute Gasteiger partial charge is 0.238 e. The van der Waals surface area contributed by atoms with Gasteiger partial charge in [-0.1, -0.05) is 0 Å². The van der Waals surface area contributed by atoms with Crippen molar-refractivity contribution in [1.82, 2.24) is 10.2 Å². The standard InChI is InChI=1S/C13H17F2N3O.ClH/c14-10-2-3-11(15)12(8-10)17-13(19)9-18-6-1-4-16-5-7-18;/h2-3,8,16H,1,4-7,9H2,(H,17,19);1H. The first-order valence-electron chi connectivity index (χ1n) is 6.33. The zero-order valence-corrected chi connectivity index (χ0v) is 11.8. The molecule has 0 unspecified atom stereocenters. The normalized spacial score (nSPS) is 16.1. The molecule has 0 spiro atoms. The monoisotopic (exact) mass is 305 g/mol. The molecule has 1 aromatic carbocycles. The molecule has 2 rings (SSSR count). The Balaban J connectivity index is 0.00000200. The van der Waals surface area contributed by atoms with Gasteiger partial charge in [-0.3, -0.25) is 9.69 Å². The molecule has 1 amide bonds. The predicted octanol–water partition coefficient (Wildman–Crippen LogP) is 1.62. The molecule has 0 bridgehead atoms. The third kappa shape index (κ3) is 5.03. The second-order valence-electron chi connectivity index (χ2n) is 4.55. The van der Waals surface area contributed by atoms with Crippen molar-refractivity contribution in [3.63, 3.8) is 0 Å². The highest BCUT2D eigenvalue weighted by atomic mass is 35.5. The number of anilines is 1. The van der Waals surface area contributed by atoms with E-state index in [4.69, 9.17) is 0 Å². The Morgan fingerprint density at radius 1 is 1.30 bits per heavy atom. The van der Waals surface area contributed by atoms with Crippen LogP contribution in [0.5, 0.6) is 0 Å². The number of nitrogens with zero attached hydrogens (tertiary/aromatic N) is 1. The van der Waals surface area contributed by atoms with Gasteiger partial charge in [-0.05, 0) is 31.6 Å². The van der Waals surface area contributed by atoms with Crippen LogP contribution in [0.1, 0.15) is 6.42 Å². The molecule has 1 aromatic rings. The maximum atomic E-state index is 13.4. The van der Waals surface area contributed by atoms with Crippen LogP contribution in [0.3, 0.4) is 0 Å². The Bertz CT molecular complexity index is 451. The molecule has 0 atom stereocenters. The van der Waals surface area contributed by atoms with Gasteiger partial charge in [0.1, 0.15) is 11.6 Å². The van der Waals surface area contributed by atoms with Crippen molar-refractivity contribution in [3.8, 4) is 0 Å². The summed E-state index contributed by atoms with van der Waals surface area (Å²) in [5.41, 5.74) is -0.113. The molecule has 112 valence electrons. The molecule has 0 saturated carbocycles. The van der Waals surface area contributed by atoms with Crippen molar-refractivity contribution in [2.24, 2.45) is 0 Å². The van der Waals surface area contributed by atoms with E-state index in [0.717, 1.165) is 50.8 Å². The lowest BCUT2D eigenvalue weighted by Crippen LogP contribution is -2.35. The molecule has 1 fully saturated rings. The molecule has 4 nitrogen and oxygen atoms in total. The van der Waals surface area contributed by atoms with Gasteiger partial charge >= 0.3 is 0 Å². The zero-order chi connectivity index (χ0) is 13.7. The molecule has 1 aliphatic heterocycles. The lowest BCUT2D eigenvalue weighted by atomic mass is 10.3. The lowest BCUT2D eigenvalue weighted by Gasteiger charge is -2.18. The number of carbonyl (C=O) groups excluding carboxylic acids is 1. The fourth-order valence-electron chi connectivity index (χ4n) is 2.05. The molecule has 1 aliphatic rings. The topological polar surface area (TPSA) is 44.4 Å². The van der Waals surface area contributed by atoms with E-state index in [1.807, 2.05) is 4.90 Å². The van der Waals surface area contributed by atoms with E-state index in [2.05, 4.69) is 10.6 Å². The Labute approximate surface area is 122 Å². The van der Waals surface area contributed by atoms with Crippen molar-refractivity contribution >= 4 is 24.0 Å². The third-order valence-corrected chi connectivity index (χ3v) is 3.00. The van der Waals surface area contributed by atoms with Gasteiger partial charge in [-0.25, -0.2) is 8.78 Å². The summed E-state index contributed by atoms with van der Waals surface area (Å²) in [6, 6.07) is 3.00. The van der Waals surface area contributed by atoms with E-state index in [-0.39, 0.29) is 30.5 Å². The SMILES string of the molecule is Cl.O=C(CN1CCCNCC1)Nc1cc(F)ccc1F. The molecule has 7 heteroatoms. The summed E-state index contributed by atoms with van der Waals surface area (Å²) in [5, 5.41) is 5.64. The zero-order valence-electron chi connectivity index (χ0n) is 11.0. The average Bonchev–Trinajstić information content (AvgIpc) is 2.62. The third-order valence-electron chi connectivity index (χ3n) is 3.00. The summed E-state index contributed by atoms with van der Waals surface area (Å²) >= 11 is 0. The van der Waals surface area contributed by atoms with Gasteiger partial charge in [0.25, 0.3) is 0 Å². The Morgan fingerprint density at radius 2 is 2.10 bits per heavy atom. The number of amides is 1. The summed E-state index contributed by atoms with van der Waals surface area (Å²) in [6.45, 7) is 3.57. The fourth-order valence-corrected chi connectivity index (χ4v) is 2.05. The molecular weight excluding hydrogens is 288 g/mol. The first-order chi connectivity index (χ1) is 9.15. The van der Waals surface area contributed by atoms with Crippen LogP contribution in [0.2, 0.25) is 0 Å². The van der Waals surface area contributed by atoms with Gasteiger partial charge in [0.05, 0.1) is 12.2 Å². The lowest BCUT2D eigenvalue weighted by molar-refractivity contribution is -0.117. The fraction of sp³-hybridized carbons (Fsp3) is 0.462. The van der Waals surface area contributed by atoms with Crippen LogP contribution < -0.4 is 10.6 Å². The van der Waals surface area contributed by atoms with Crippen LogP contribution in [-0.4, -0.2) is 43.5 Å². The molecule has 20 heavy (non-hydrogen) atoms. The van der Waals surface area contributed by atoms with Gasteiger partial charge in [-0.15, -0.1) is 12.4 Å². The highest BCUT2D eigenvalue weighted by Gasteiger charge is 2.14. The van der Waals surface area contributed by atoms with Gasteiger partial charge in [0.2, 0.25) is 5.91 Å².